The summed E-state index contributed by atoms with van der Waals surface area (Å²) in [5.41, 5.74) is 1.04. The first kappa shape index (κ1) is 26.2. The second-order valence-corrected chi connectivity index (χ2v) is 9.37. The Bertz CT molecular complexity index is 673. The van der Waals surface area contributed by atoms with E-state index in [0.29, 0.717) is 34.8 Å². The van der Waals surface area contributed by atoms with Gasteiger partial charge in [0, 0.05) is 17.5 Å². The van der Waals surface area contributed by atoms with Gasteiger partial charge in [0.1, 0.15) is 23.5 Å². The Kier molecular flexibility index (Phi) is 12.2. The van der Waals surface area contributed by atoms with Gasteiger partial charge in [0.25, 0.3) is 0 Å². The van der Waals surface area contributed by atoms with Crippen LogP contribution in [0.15, 0.2) is 27.9 Å². The Morgan fingerprint density at radius 2 is 1.55 bits per heavy atom. The van der Waals surface area contributed by atoms with Gasteiger partial charge in [0.2, 0.25) is 0 Å². The van der Waals surface area contributed by atoms with Gasteiger partial charge in [0.15, 0.2) is 5.75 Å². The molecule has 164 valence electrons. The fraction of sp³-hybridized carbons (Fsp3) is 0.571. The van der Waals surface area contributed by atoms with Crippen LogP contribution in [0.3, 0.4) is 0 Å². The van der Waals surface area contributed by atoms with Gasteiger partial charge < -0.3 is 14.3 Å². The molecule has 1 aromatic rings. The van der Waals surface area contributed by atoms with Crippen molar-refractivity contribution >= 4 is 52.1 Å². The van der Waals surface area contributed by atoms with Gasteiger partial charge in [0.05, 0.1) is 22.4 Å². The van der Waals surface area contributed by atoms with Crippen molar-refractivity contribution in [3.05, 3.63) is 32.7 Å². The first-order valence-corrected chi connectivity index (χ1v) is 11.0. The summed E-state index contributed by atoms with van der Waals surface area (Å²) >= 11 is 23.6. The van der Waals surface area contributed by atoms with Crippen LogP contribution in [-0.4, -0.2) is 25.5 Å². The van der Waals surface area contributed by atoms with E-state index < -0.39 is 0 Å². The molecule has 0 fully saturated rings. The molecule has 0 saturated heterocycles. The highest BCUT2D eigenvalue weighted by Crippen LogP contribution is 2.37. The molecule has 8 heteroatoms. The zero-order chi connectivity index (χ0) is 21.9. The minimum absolute atomic E-state index is 0.0408. The minimum atomic E-state index is 0.0408. The number of unbranched alkanes of at least 4 members (excludes halogenated alkanes) is 3. The average molecular weight is 485 g/mol. The Balaban J connectivity index is 2.27. The predicted molar refractivity (Wildman–Crippen MR) is 124 cm³/mol. The molecule has 0 saturated carbocycles. The predicted octanol–water partition coefficient (Wildman–Crippen LogP) is 8.07. The van der Waals surface area contributed by atoms with Gasteiger partial charge in [-0.2, -0.15) is 0 Å². The first-order valence-electron chi connectivity index (χ1n) is 9.54. The van der Waals surface area contributed by atoms with Crippen LogP contribution in [0.5, 0.6) is 11.5 Å². The molecular formula is C21H29Cl4NO3. The molecule has 0 unspecified atom stereocenters. The van der Waals surface area contributed by atoms with Gasteiger partial charge in [-0.15, -0.1) is 0 Å². The van der Waals surface area contributed by atoms with Crippen LogP contribution in [-0.2, 0) is 4.84 Å². The molecule has 0 heterocycles. The van der Waals surface area contributed by atoms with Gasteiger partial charge in [-0.05, 0) is 38.7 Å². The molecule has 4 nitrogen and oxygen atoms in total. The maximum Gasteiger partial charge on any atom is 0.156 e. The smallest absolute Gasteiger partial charge is 0.156 e. The van der Waals surface area contributed by atoms with E-state index in [4.69, 9.17) is 60.7 Å². The molecule has 0 bridgehead atoms. The summed E-state index contributed by atoms with van der Waals surface area (Å²) in [5, 5.41) is 4.95. The minimum Gasteiger partial charge on any atom is -0.490 e. The van der Waals surface area contributed by atoms with Crippen molar-refractivity contribution in [1.82, 2.24) is 0 Å². The quantitative estimate of drug-likeness (QED) is 0.171. The van der Waals surface area contributed by atoms with E-state index in [1.54, 1.807) is 12.1 Å². The first-order chi connectivity index (χ1) is 13.6. The highest BCUT2D eigenvalue weighted by Gasteiger charge is 2.14. The van der Waals surface area contributed by atoms with Crippen LogP contribution in [0.1, 0.15) is 53.4 Å². The van der Waals surface area contributed by atoms with Crippen molar-refractivity contribution in [3.63, 3.8) is 0 Å². The van der Waals surface area contributed by atoms with Crippen molar-refractivity contribution in [2.45, 2.75) is 53.4 Å². The molecule has 1 rings (SSSR count). The normalized spacial score (nSPS) is 11.9. The van der Waals surface area contributed by atoms with E-state index >= 15 is 0 Å². The van der Waals surface area contributed by atoms with Gasteiger partial charge in [-0.1, -0.05) is 72.3 Å². The van der Waals surface area contributed by atoms with Crippen molar-refractivity contribution in [3.8, 4) is 11.5 Å². The van der Waals surface area contributed by atoms with E-state index in [-0.39, 0.29) is 16.5 Å². The Morgan fingerprint density at radius 1 is 0.966 bits per heavy atom. The van der Waals surface area contributed by atoms with Crippen molar-refractivity contribution in [2.24, 2.45) is 10.6 Å². The maximum atomic E-state index is 6.24. The van der Waals surface area contributed by atoms with Crippen LogP contribution in [0.2, 0.25) is 10.0 Å². The van der Waals surface area contributed by atoms with Crippen LogP contribution < -0.4 is 9.47 Å². The van der Waals surface area contributed by atoms with Crippen LogP contribution in [0.25, 0.3) is 0 Å². The van der Waals surface area contributed by atoms with Crippen molar-refractivity contribution < 1.29 is 14.3 Å². The van der Waals surface area contributed by atoms with Gasteiger partial charge >= 0.3 is 0 Å². The fourth-order valence-electron chi connectivity index (χ4n) is 2.03. The number of hydrogen-bond acceptors (Lipinski definition) is 4. The van der Waals surface area contributed by atoms with Crippen LogP contribution >= 0.6 is 46.4 Å². The maximum absolute atomic E-state index is 6.24. The zero-order valence-electron chi connectivity index (χ0n) is 17.4. The molecule has 29 heavy (non-hydrogen) atoms. The molecule has 0 atom stereocenters. The second kappa shape index (κ2) is 13.5. The summed E-state index contributed by atoms with van der Waals surface area (Å²) in [4.78, 5) is 5.37. The summed E-state index contributed by atoms with van der Waals surface area (Å²) in [7, 11) is 0. The topological polar surface area (TPSA) is 40.0 Å². The highest BCUT2D eigenvalue weighted by atomic mass is 35.5. The summed E-state index contributed by atoms with van der Waals surface area (Å²) in [6.45, 7) is 9.71. The summed E-state index contributed by atoms with van der Waals surface area (Å²) in [6, 6.07) is 3.30. The Morgan fingerprint density at radius 3 is 2.10 bits per heavy atom. The third-order valence-electron chi connectivity index (χ3n) is 4.12. The van der Waals surface area contributed by atoms with Crippen LogP contribution in [0, 0.1) is 5.41 Å². The number of ether oxygens (including phenoxy) is 2. The van der Waals surface area contributed by atoms with Crippen LogP contribution in [0.4, 0.5) is 0 Å². The third-order valence-corrected chi connectivity index (χ3v) is 4.99. The van der Waals surface area contributed by atoms with E-state index in [0.717, 1.165) is 31.4 Å². The van der Waals surface area contributed by atoms with Crippen molar-refractivity contribution in [2.75, 3.05) is 19.8 Å². The standard InChI is InChI=1S/C21H29Cl4NO3/c1-15(21(2,3)4)26-29-11-8-6-5-7-10-28-20-17(22)13-16(14-18(20)23)27-12-9-19(24)25/h9,13-14H,5-8,10-12H2,1-4H3. The highest BCUT2D eigenvalue weighted by molar-refractivity contribution is 6.55. The number of nitrogens with zero attached hydrogens (tertiary/aromatic N) is 1. The molecule has 0 aliphatic carbocycles. The molecule has 0 aromatic heterocycles. The van der Waals surface area contributed by atoms with Crippen molar-refractivity contribution in [1.29, 1.82) is 0 Å². The molecule has 1 aromatic carbocycles. The lowest BCUT2D eigenvalue weighted by Gasteiger charge is -2.16. The average Bonchev–Trinajstić information content (AvgIpc) is 2.60. The number of benzene rings is 1. The number of halogens is 4. The van der Waals surface area contributed by atoms with Gasteiger partial charge in [-0.25, -0.2) is 0 Å². The Labute approximate surface area is 194 Å². The summed E-state index contributed by atoms with van der Waals surface area (Å²) in [5.74, 6) is 0.976. The number of hydrogen-bond donors (Lipinski definition) is 0. The Hall–Kier alpha value is -0.810. The lowest BCUT2D eigenvalue weighted by atomic mass is 9.91. The van der Waals surface area contributed by atoms with E-state index in [1.165, 1.54) is 6.08 Å². The van der Waals surface area contributed by atoms with E-state index in [9.17, 15) is 0 Å². The third kappa shape index (κ3) is 11.2. The van der Waals surface area contributed by atoms with E-state index in [1.807, 2.05) is 6.92 Å². The zero-order valence-corrected chi connectivity index (χ0v) is 20.4. The molecule has 0 aliphatic heterocycles. The molecular weight excluding hydrogens is 456 g/mol. The monoisotopic (exact) mass is 483 g/mol. The SMILES string of the molecule is CC(=NOCCCCCCOc1c(Cl)cc(OCC=C(Cl)Cl)cc1Cl)C(C)(C)C. The molecule has 0 N–H and O–H groups in total. The number of rotatable bonds is 12. The lowest BCUT2D eigenvalue weighted by Crippen LogP contribution is -2.17. The molecule has 0 amide bonds. The van der Waals surface area contributed by atoms with Gasteiger partial charge in [-0.3, -0.25) is 0 Å². The molecule has 0 radical (unpaired) electrons. The van der Waals surface area contributed by atoms with E-state index in [2.05, 4.69) is 25.9 Å². The largest absolute Gasteiger partial charge is 0.490 e. The fourth-order valence-corrected chi connectivity index (χ4v) is 2.74. The summed E-state index contributed by atoms with van der Waals surface area (Å²) < 4.78 is 11.3. The molecule has 0 spiro atoms. The molecule has 0 aliphatic rings. The lowest BCUT2D eigenvalue weighted by molar-refractivity contribution is 0.136. The summed E-state index contributed by atoms with van der Waals surface area (Å²) in [6.07, 6.45) is 5.44. The second-order valence-electron chi connectivity index (χ2n) is 7.54. The number of oxime groups is 1.